The van der Waals surface area contributed by atoms with Crippen molar-refractivity contribution in [2.45, 2.75) is 6.04 Å². The Morgan fingerprint density at radius 3 is 2.75 bits per heavy atom. The average molecular weight is 218 g/mol. The summed E-state index contributed by atoms with van der Waals surface area (Å²) >= 11 is 0. The van der Waals surface area contributed by atoms with Gasteiger partial charge in [-0.1, -0.05) is 18.2 Å². The molecule has 1 heterocycles. The van der Waals surface area contributed by atoms with Gasteiger partial charge in [-0.15, -0.1) is 0 Å². The monoisotopic (exact) mass is 218 g/mol. The molecule has 0 aliphatic heterocycles. The van der Waals surface area contributed by atoms with Crippen molar-refractivity contribution in [2.75, 3.05) is 7.11 Å². The van der Waals surface area contributed by atoms with E-state index in [1.54, 1.807) is 0 Å². The standard InChI is InChI=1S/C12H14N2O2/c1-14-9-6-4-3-5-8(9)7-10(14)11(13)12(15)16-2/h3-7,11H,13H2,1-2H3. The van der Waals surface area contributed by atoms with E-state index in [0.717, 1.165) is 16.6 Å². The zero-order chi connectivity index (χ0) is 11.7. The fraction of sp³-hybridized carbons (Fsp3) is 0.250. The van der Waals surface area contributed by atoms with Crippen molar-refractivity contribution in [1.82, 2.24) is 4.57 Å². The summed E-state index contributed by atoms with van der Waals surface area (Å²) in [6.45, 7) is 0. The van der Waals surface area contributed by atoms with E-state index in [4.69, 9.17) is 5.73 Å². The Bertz CT molecular complexity index is 531. The fourth-order valence-corrected chi connectivity index (χ4v) is 1.86. The molecule has 2 N–H and O–H groups in total. The van der Waals surface area contributed by atoms with Crippen molar-refractivity contribution in [1.29, 1.82) is 0 Å². The van der Waals surface area contributed by atoms with Gasteiger partial charge in [-0.05, 0) is 17.5 Å². The van der Waals surface area contributed by atoms with Crippen molar-refractivity contribution >= 4 is 16.9 Å². The molecule has 0 fully saturated rings. The van der Waals surface area contributed by atoms with Crippen LogP contribution in [0.15, 0.2) is 30.3 Å². The number of benzene rings is 1. The van der Waals surface area contributed by atoms with Gasteiger partial charge in [0.15, 0.2) is 0 Å². The van der Waals surface area contributed by atoms with Gasteiger partial charge < -0.3 is 15.0 Å². The van der Waals surface area contributed by atoms with Crippen LogP contribution < -0.4 is 5.73 Å². The highest BCUT2D eigenvalue weighted by Crippen LogP contribution is 2.22. The predicted octanol–water partition coefficient (Wildman–Crippen LogP) is 1.35. The number of hydrogen-bond acceptors (Lipinski definition) is 3. The second-order valence-electron chi connectivity index (χ2n) is 3.69. The van der Waals surface area contributed by atoms with Crippen molar-refractivity contribution in [3.63, 3.8) is 0 Å². The predicted molar refractivity (Wildman–Crippen MR) is 61.9 cm³/mol. The Kier molecular flexibility index (Phi) is 2.66. The molecule has 0 aliphatic rings. The van der Waals surface area contributed by atoms with E-state index in [-0.39, 0.29) is 0 Å². The van der Waals surface area contributed by atoms with E-state index in [1.165, 1.54) is 7.11 Å². The minimum absolute atomic E-state index is 0.425. The summed E-state index contributed by atoms with van der Waals surface area (Å²) < 4.78 is 6.55. The lowest BCUT2D eigenvalue weighted by atomic mass is 10.2. The molecule has 1 unspecified atom stereocenters. The van der Waals surface area contributed by atoms with E-state index in [0.29, 0.717) is 0 Å². The lowest BCUT2D eigenvalue weighted by Crippen LogP contribution is -2.24. The molecule has 4 nitrogen and oxygen atoms in total. The van der Waals surface area contributed by atoms with Crippen LogP contribution in [-0.2, 0) is 16.6 Å². The number of aromatic nitrogens is 1. The molecular formula is C12H14N2O2. The number of aryl methyl sites for hydroxylation is 1. The van der Waals surface area contributed by atoms with Crippen LogP contribution in [0.1, 0.15) is 11.7 Å². The van der Waals surface area contributed by atoms with Gasteiger partial charge in [0.2, 0.25) is 0 Å². The summed E-state index contributed by atoms with van der Waals surface area (Å²) in [4.78, 5) is 11.4. The van der Waals surface area contributed by atoms with Gasteiger partial charge in [0.05, 0.1) is 7.11 Å². The molecule has 0 spiro atoms. The molecule has 0 bridgehead atoms. The van der Waals surface area contributed by atoms with Crippen LogP contribution in [0.5, 0.6) is 0 Å². The summed E-state index contributed by atoms with van der Waals surface area (Å²) in [7, 11) is 3.23. The van der Waals surface area contributed by atoms with Crippen molar-refractivity contribution in [3.05, 3.63) is 36.0 Å². The largest absolute Gasteiger partial charge is 0.468 e. The minimum atomic E-state index is -0.734. The first kappa shape index (κ1) is 10.7. The third kappa shape index (κ3) is 1.57. The maximum absolute atomic E-state index is 11.4. The van der Waals surface area contributed by atoms with Gasteiger partial charge in [0.25, 0.3) is 0 Å². The van der Waals surface area contributed by atoms with Crippen LogP contribution in [0, 0.1) is 0 Å². The van der Waals surface area contributed by atoms with E-state index < -0.39 is 12.0 Å². The molecule has 2 rings (SSSR count). The Balaban J connectivity index is 2.53. The maximum Gasteiger partial charge on any atom is 0.328 e. The highest BCUT2D eigenvalue weighted by Gasteiger charge is 2.20. The van der Waals surface area contributed by atoms with Crippen LogP contribution in [0.25, 0.3) is 10.9 Å². The molecular weight excluding hydrogens is 204 g/mol. The number of hydrogen-bond donors (Lipinski definition) is 1. The first-order valence-electron chi connectivity index (χ1n) is 5.03. The highest BCUT2D eigenvalue weighted by molar-refractivity contribution is 5.84. The second kappa shape index (κ2) is 3.98. The maximum atomic E-state index is 11.4. The molecule has 1 aromatic heterocycles. The molecule has 0 radical (unpaired) electrons. The van der Waals surface area contributed by atoms with E-state index in [9.17, 15) is 4.79 Å². The molecule has 0 aliphatic carbocycles. The van der Waals surface area contributed by atoms with Crippen LogP contribution in [0.2, 0.25) is 0 Å². The minimum Gasteiger partial charge on any atom is -0.468 e. The Morgan fingerprint density at radius 2 is 2.12 bits per heavy atom. The first-order valence-corrected chi connectivity index (χ1v) is 5.03. The van der Waals surface area contributed by atoms with Gasteiger partial charge >= 0.3 is 5.97 Å². The van der Waals surface area contributed by atoms with Crippen LogP contribution in [0.3, 0.4) is 0 Å². The van der Waals surface area contributed by atoms with E-state index in [1.807, 2.05) is 41.9 Å². The third-order valence-corrected chi connectivity index (χ3v) is 2.76. The van der Waals surface area contributed by atoms with Crippen molar-refractivity contribution < 1.29 is 9.53 Å². The topological polar surface area (TPSA) is 57.2 Å². The Morgan fingerprint density at radius 1 is 1.44 bits per heavy atom. The van der Waals surface area contributed by atoms with Gasteiger partial charge in [-0.25, -0.2) is 4.79 Å². The van der Waals surface area contributed by atoms with Crippen molar-refractivity contribution in [3.8, 4) is 0 Å². The lowest BCUT2D eigenvalue weighted by Gasteiger charge is -2.10. The van der Waals surface area contributed by atoms with Crippen LogP contribution >= 0.6 is 0 Å². The van der Waals surface area contributed by atoms with Crippen molar-refractivity contribution in [2.24, 2.45) is 12.8 Å². The van der Waals surface area contributed by atoms with Gasteiger partial charge in [-0.2, -0.15) is 0 Å². The van der Waals surface area contributed by atoms with Crippen LogP contribution in [-0.4, -0.2) is 17.6 Å². The highest BCUT2D eigenvalue weighted by atomic mass is 16.5. The normalized spacial score (nSPS) is 12.7. The van der Waals surface area contributed by atoms with E-state index >= 15 is 0 Å². The zero-order valence-corrected chi connectivity index (χ0v) is 9.31. The molecule has 0 amide bonds. The third-order valence-electron chi connectivity index (χ3n) is 2.76. The average Bonchev–Trinajstić information content (AvgIpc) is 2.65. The first-order chi connectivity index (χ1) is 7.65. The number of methoxy groups -OCH3 is 1. The summed E-state index contributed by atoms with van der Waals surface area (Å²) in [6, 6.07) is 9.07. The molecule has 2 aromatic rings. The number of nitrogens with zero attached hydrogens (tertiary/aromatic N) is 1. The quantitative estimate of drug-likeness (QED) is 0.774. The SMILES string of the molecule is COC(=O)C(N)c1cc2ccccc2n1C. The number of carbonyl (C=O) groups excluding carboxylic acids is 1. The molecule has 1 aromatic carbocycles. The van der Waals surface area contributed by atoms with Gasteiger partial charge in [0.1, 0.15) is 6.04 Å². The zero-order valence-electron chi connectivity index (χ0n) is 9.31. The molecule has 0 saturated heterocycles. The van der Waals surface area contributed by atoms with Crippen LogP contribution in [0.4, 0.5) is 0 Å². The Labute approximate surface area is 93.6 Å². The molecule has 16 heavy (non-hydrogen) atoms. The molecule has 84 valence electrons. The smallest absolute Gasteiger partial charge is 0.328 e. The number of para-hydroxylation sites is 1. The van der Waals surface area contributed by atoms with E-state index in [2.05, 4.69) is 4.74 Å². The van der Waals surface area contributed by atoms with Gasteiger partial charge in [0, 0.05) is 18.3 Å². The summed E-state index contributed by atoms with van der Waals surface area (Å²) in [5, 5.41) is 1.07. The number of nitrogens with two attached hydrogens (primary N) is 1. The number of ether oxygens (including phenoxy) is 1. The summed E-state index contributed by atoms with van der Waals surface area (Å²) in [5.74, 6) is -0.425. The second-order valence-corrected chi connectivity index (χ2v) is 3.69. The molecule has 0 saturated carbocycles. The number of esters is 1. The summed E-state index contributed by atoms with van der Waals surface area (Å²) in [6.07, 6.45) is 0. The fourth-order valence-electron chi connectivity index (χ4n) is 1.86. The molecule has 4 heteroatoms. The number of fused-ring (bicyclic) bond motifs is 1. The lowest BCUT2D eigenvalue weighted by molar-refractivity contribution is -0.142. The molecule has 1 atom stereocenters. The van der Waals surface area contributed by atoms with Gasteiger partial charge in [-0.3, -0.25) is 0 Å². The summed E-state index contributed by atoms with van der Waals surface area (Å²) in [5.41, 5.74) is 7.63. The number of carbonyl (C=O) groups is 1. The Hall–Kier alpha value is -1.81. The number of rotatable bonds is 2.